The summed E-state index contributed by atoms with van der Waals surface area (Å²) in [7, 11) is 0. The standard InChI is InChI=1S/C10H20O2/c1-7(2)9(11)10(12)8-5-3-4-6-8/h7-12H,3-6H2,1-2H3. The van der Waals surface area contributed by atoms with Crippen molar-refractivity contribution in [1.29, 1.82) is 0 Å². The minimum Gasteiger partial charge on any atom is -0.390 e. The van der Waals surface area contributed by atoms with E-state index in [1.807, 2.05) is 13.8 Å². The van der Waals surface area contributed by atoms with Gasteiger partial charge in [0.25, 0.3) is 0 Å². The van der Waals surface area contributed by atoms with Gasteiger partial charge in [-0.25, -0.2) is 0 Å². The second-order valence-electron chi connectivity index (χ2n) is 4.27. The molecule has 2 unspecified atom stereocenters. The van der Waals surface area contributed by atoms with Crippen molar-refractivity contribution in [2.24, 2.45) is 11.8 Å². The van der Waals surface area contributed by atoms with Crippen LogP contribution in [0.4, 0.5) is 0 Å². The summed E-state index contributed by atoms with van der Waals surface area (Å²) in [5.41, 5.74) is 0. The maximum Gasteiger partial charge on any atom is 0.0829 e. The Kier molecular flexibility index (Phi) is 3.53. The van der Waals surface area contributed by atoms with Crippen LogP contribution in [0.2, 0.25) is 0 Å². The van der Waals surface area contributed by atoms with Crippen molar-refractivity contribution in [3.05, 3.63) is 0 Å². The molecule has 0 aromatic carbocycles. The normalized spacial score (nSPS) is 24.8. The van der Waals surface area contributed by atoms with Gasteiger partial charge in [-0.1, -0.05) is 26.7 Å². The molecule has 0 aromatic rings. The molecule has 0 saturated heterocycles. The molecule has 1 aliphatic rings. The van der Waals surface area contributed by atoms with E-state index in [0.29, 0.717) is 5.92 Å². The number of aliphatic hydroxyl groups is 2. The second kappa shape index (κ2) is 4.24. The lowest BCUT2D eigenvalue weighted by atomic mass is 9.91. The molecule has 1 saturated carbocycles. The van der Waals surface area contributed by atoms with E-state index in [9.17, 15) is 10.2 Å². The quantitative estimate of drug-likeness (QED) is 0.678. The molecule has 2 nitrogen and oxygen atoms in total. The molecule has 0 aromatic heterocycles. The van der Waals surface area contributed by atoms with Gasteiger partial charge in [-0.2, -0.15) is 0 Å². The first kappa shape index (κ1) is 10.0. The summed E-state index contributed by atoms with van der Waals surface area (Å²) in [5.74, 6) is 0.517. The number of aliphatic hydroxyl groups excluding tert-OH is 2. The monoisotopic (exact) mass is 172 g/mol. The van der Waals surface area contributed by atoms with Crippen LogP contribution in [0.3, 0.4) is 0 Å². The Bertz CT molecular complexity index is 126. The molecule has 2 atom stereocenters. The molecule has 0 amide bonds. The van der Waals surface area contributed by atoms with Crippen LogP contribution in [0.1, 0.15) is 39.5 Å². The smallest absolute Gasteiger partial charge is 0.0829 e. The maximum absolute atomic E-state index is 9.74. The molecule has 0 heterocycles. The summed E-state index contributed by atoms with van der Waals surface area (Å²) >= 11 is 0. The fourth-order valence-electron chi connectivity index (χ4n) is 1.97. The van der Waals surface area contributed by atoms with Crippen molar-refractivity contribution in [2.45, 2.75) is 51.7 Å². The Morgan fingerprint density at radius 2 is 1.58 bits per heavy atom. The Hall–Kier alpha value is -0.0800. The molecule has 0 bridgehead atoms. The first-order valence-corrected chi connectivity index (χ1v) is 4.99. The lowest BCUT2D eigenvalue weighted by Gasteiger charge is -2.25. The van der Waals surface area contributed by atoms with Crippen molar-refractivity contribution in [3.63, 3.8) is 0 Å². The van der Waals surface area contributed by atoms with Crippen LogP contribution in [-0.4, -0.2) is 22.4 Å². The van der Waals surface area contributed by atoms with Crippen LogP contribution in [0.5, 0.6) is 0 Å². The van der Waals surface area contributed by atoms with Gasteiger partial charge in [0.1, 0.15) is 0 Å². The molecule has 2 N–H and O–H groups in total. The van der Waals surface area contributed by atoms with Crippen molar-refractivity contribution in [1.82, 2.24) is 0 Å². The van der Waals surface area contributed by atoms with E-state index in [2.05, 4.69) is 0 Å². The van der Waals surface area contributed by atoms with Gasteiger partial charge >= 0.3 is 0 Å². The zero-order valence-corrected chi connectivity index (χ0v) is 8.03. The predicted octanol–water partition coefficient (Wildman–Crippen LogP) is 1.55. The van der Waals surface area contributed by atoms with E-state index in [4.69, 9.17) is 0 Å². The highest BCUT2D eigenvalue weighted by Gasteiger charge is 2.29. The molecule has 0 spiro atoms. The van der Waals surface area contributed by atoms with Crippen molar-refractivity contribution in [3.8, 4) is 0 Å². The van der Waals surface area contributed by atoms with Gasteiger partial charge in [0, 0.05) is 0 Å². The van der Waals surface area contributed by atoms with Gasteiger partial charge in [0.05, 0.1) is 12.2 Å². The zero-order valence-electron chi connectivity index (χ0n) is 8.03. The molecule has 72 valence electrons. The van der Waals surface area contributed by atoms with E-state index >= 15 is 0 Å². The molecule has 1 aliphatic carbocycles. The number of rotatable bonds is 3. The maximum atomic E-state index is 9.74. The molecule has 2 heteroatoms. The molecule has 1 fully saturated rings. The Labute approximate surface area is 74.6 Å². The summed E-state index contributed by atoms with van der Waals surface area (Å²) in [6.07, 6.45) is 3.58. The number of hydrogen-bond acceptors (Lipinski definition) is 2. The van der Waals surface area contributed by atoms with Crippen LogP contribution in [-0.2, 0) is 0 Å². The van der Waals surface area contributed by atoms with Crippen LogP contribution in [0.25, 0.3) is 0 Å². The molecule has 0 radical (unpaired) electrons. The lowest BCUT2D eigenvalue weighted by Crippen LogP contribution is -2.35. The highest BCUT2D eigenvalue weighted by Crippen LogP contribution is 2.30. The first-order valence-electron chi connectivity index (χ1n) is 4.99. The van der Waals surface area contributed by atoms with Gasteiger partial charge in [0.2, 0.25) is 0 Å². The minimum atomic E-state index is -0.534. The highest BCUT2D eigenvalue weighted by atomic mass is 16.3. The Morgan fingerprint density at radius 3 is 2.00 bits per heavy atom. The summed E-state index contributed by atoms with van der Waals surface area (Å²) in [6, 6.07) is 0. The highest BCUT2D eigenvalue weighted by molar-refractivity contribution is 4.81. The summed E-state index contributed by atoms with van der Waals surface area (Å²) in [6.45, 7) is 3.89. The summed E-state index contributed by atoms with van der Waals surface area (Å²) < 4.78 is 0. The van der Waals surface area contributed by atoms with Crippen LogP contribution < -0.4 is 0 Å². The largest absolute Gasteiger partial charge is 0.390 e. The van der Waals surface area contributed by atoms with E-state index in [0.717, 1.165) is 12.8 Å². The van der Waals surface area contributed by atoms with Crippen molar-refractivity contribution < 1.29 is 10.2 Å². The molecular formula is C10H20O2. The van der Waals surface area contributed by atoms with Crippen molar-refractivity contribution in [2.75, 3.05) is 0 Å². The minimum absolute atomic E-state index is 0.167. The topological polar surface area (TPSA) is 40.5 Å². The SMILES string of the molecule is CC(C)C(O)C(O)C1CCCC1. The average Bonchev–Trinajstić information content (AvgIpc) is 2.53. The predicted molar refractivity (Wildman–Crippen MR) is 48.8 cm³/mol. The lowest BCUT2D eigenvalue weighted by molar-refractivity contribution is -0.0385. The van der Waals surface area contributed by atoms with Gasteiger partial charge in [-0.15, -0.1) is 0 Å². The van der Waals surface area contributed by atoms with E-state index in [1.165, 1.54) is 12.8 Å². The fraction of sp³-hybridized carbons (Fsp3) is 1.00. The summed E-state index contributed by atoms with van der Waals surface area (Å²) in [4.78, 5) is 0. The van der Waals surface area contributed by atoms with Crippen LogP contribution >= 0.6 is 0 Å². The fourth-order valence-corrected chi connectivity index (χ4v) is 1.97. The Balaban J connectivity index is 2.39. The second-order valence-corrected chi connectivity index (χ2v) is 4.27. The number of hydrogen-bond donors (Lipinski definition) is 2. The third-order valence-electron chi connectivity index (χ3n) is 2.92. The van der Waals surface area contributed by atoms with Crippen LogP contribution in [0, 0.1) is 11.8 Å². The van der Waals surface area contributed by atoms with Crippen LogP contribution in [0.15, 0.2) is 0 Å². The van der Waals surface area contributed by atoms with E-state index in [-0.39, 0.29) is 5.92 Å². The molecular weight excluding hydrogens is 152 g/mol. The van der Waals surface area contributed by atoms with Gasteiger partial charge in [-0.3, -0.25) is 0 Å². The molecule has 0 aliphatic heterocycles. The Morgan fingerprint density at radius 1 is 1.08 bits per heavy atom. The van der Waals surface area contributed by atoms with E-state index in [1.54, 1.807) is 0 Å². The summed E-state index contributed by atoms with van der Waals surface area (Å²) in [5, 5.41) is 19.3. The van der Waals surface area contributed by atoms with Crippen molar-refractivity contribution >= 4 is 0 Å². The average molecular weight is 172 g/mol. The third kappa shape index (κ3) is 2.20. The third-order valence-corrected chi connectivity index (χ3v) is 2.92. The molecule has 1 rings (SSSR count). The molecule has 12 heavy (non-hydrogen) atoms. The van der Waals surface area contributed by atoms with E-state index < -0.39 is 12.2 Å². The van der Waals surface area contributed by atoms with Gasteiger partial charge in [0.15, 0.2) is 0 Å². The zero-order chi connectivity index (χ0) is 9.14. The first-order chi connectivity index (χ1) is 5.63. The van der Waals surface area contributed by atoms with Gasteiger partial charge < -0.3 is 10.2 Å². The van der Waals surface area contributed by atoms with Gasteiger partial charge in [-0.05, 0) is 24.7 Å².